The maximum Gasteiger partial charge on any atom is 0.220 e. The van der Waals surface area contributed by atoms with Crippen LogP contribution in [0, 0.1) is 0 Å². The third kappa shape index (κ3) is 12.9. The average Bonchev–Trinajstić information content (AvgIpc) is 3.60. The van der Waals surface area contributed by atoms with Crippen molar-refractivity contribution in [2.24, 2.45) is 0 Å². The Bertz CT molecular complexity index is 1020. The largest absolute Gasteiger partial charge is 0.361 e. The van der Waals surface area contributed by atoms with E-state index in [-0.39, 0.29) is 5.91 Å². The highest BCUT2D eigenvalue weighted by atomic mass is 16.1. The van der Waals surface area contributed by atoms with Gasteiger partial charge in [-0.3, -0.25) is 4.79 Å². The second kappa shape index (κ2) is 19.5. The van der Waals surface area contributed by atoms with Crippen molar-refractivity contribution in [1.82, 2.24) is 20.3 Å². The number of benzene rings is 1. The van der Waals surface area contributed by atoms with E-state index in [4.69, 9.17) is 0 Å². The summed E-state index contributed by atoms with van der Waals surface area (Å²) in [5, 5.41) is 4.36. The predicted octanol–water partition coefficient (Wildman–Crippen LogP) is 9.18. The molecule has 0 radical (unpaired) electrons. The average molecular weight is 535 g/mol. The van der Waals surface area contributed by atoms with E-state index in [0.717, 1.165) is 30.6 Å². The molecule has 216 valence electrons. The summed E-state index contributed by atoms with van der Waals surface area (Å²) in [7, 11) is 0. The van der Waals surface area contributed by atoms with Crippen molar-refractivity contribution in [3.05, 3.63) is 53.7 Å². The molecule has 2 heterocycles. The second-order valence-corrected chi connectivity index (χ2v) is 11.4. The molecule has 0 atom stereocenters. The van der Waals surface area contributed by atoms with Gasteiger partial charge in [-0.1, -0.05) is 116 Å². The first kappa shape index (κ1) is 31.0. The lowest BCUT2D eigenvalue weighted by Gasteiger charge is -2.06. The van der Waals surface area contributed by atoms with Crippen molar-refractivity contribution in [1.29, 1.82) is 0 Å². The molecule has 0 unspecified atom stereocenters. The number of imidazole rings is 1. The van der Waals surface area contributed by atoms with Crippen LogP contribution in [0.15, 0.2) is 36.8 Å². The third-order valence-electron chi connectivity index (χ3n) is 7.98. The number of amides is 1. The van der Waals surface area contributed by atoms with Crippen LogP contribution in [-0.2, 0) is 17.6 Å². The highest BCUT2D eigenvalue weighted by Gasteiger charge is 2.07. The lowest BCUT2D eigenvalue weighted by Crippen LogP contribution is -2.25. The molecule has 0 aliphatic heterocycles. The molecule has 5 heteroatoms. The Labute approximate surface area is 237 Å². The summed E-state index contributed by atoms with van der Waals surface area (Å²) in [6.07, 6.45) is 31.2. The maximum atomic E-state index is 12.3. The highest BCUT2D eigenvalue weighted by Crippen LogP contribution is 2.21. The molecular formula is C34H54N4O. The molecule has 5 nitrogen and oxygen atoms in total. The lowest BCUT2D eigenvalue weighted by atomic mass is 10.0. The quantitative estimate of drug-likeness (QED) is 0.106. The monoisotopic (exact) mass is 534 g/mol. The van der Waals surface area contributed by atoms with E-state index < -0.39 is 0 Å². The summed E-state index contributed by atoms with van der Waals surface area (Å²) < 4.78 is 0. The van der Waals surface area contributed by atoms with Crippen LogP contribution in [0.2, 0.25) is 0 Å². The molecule has 0 saturated heterocycles. The summed E-state index contributed by atoms with van der Waals surface area (Å²) in [6.45, 7) is 2.98. The fourth-order valence-electron chi connectivity index (χ4n) is 5.57. The fourth-order valence-corrected chi connectivity index (χ4v) is 5.57. The molecule has 3 rings (SSSR count). The molecule has 0 fully saturated rings. The minimum absolute atomic E-state index is 0.189. The number of nitrogens with one attached hydrogen (secondary N) is 3. The molecule has 0 aliphatic rings. The molecule has 1 amide bonds. The van der Waals surface area contributed by atoms with Gasteiger partial charge in [0, 0.05) is 48.9 Å². The summed E-state index contributed by atoms with van der Waals surface area (Å²) in [6, 6.07) is 6.52. The molecular weight excluding hydrogens is 480 g/mol. The number of unbranched alkanes of at least 4 members (excludes halogenated alkanes) is 16. The van der Waals surface area contributed by atoms with Gasteiger partial charge in [0.2, 0.25) is 5.91 Å². The number of hydrogen-bond donors (Lipinski definition) is 3. The lowest BCUT2D eigenvalue weighted by molar-refractivity contribution is -0.121. The van der Waals surface area contributed by atoms with Crippen LogP contribution < -0.4 is 5.32 Å². The number of carbonyl (C=O) groups is 1. The van der Waals surface area contributed by atoms with Crippen molar-refractivity contribution in [3.63, 3.8) is 0 Å². The Kier molecular flexibility index (Phi) is 15.5. The normalized spacial score (nSPS) is 11.4. The van der Waals surface area contributed by atoms with Gasteiger partial charge in [0.05, 0.1) is 0 Å². The minimum atomic E-state index is 0.189. The van der Waals surface area contributed by atoms with Crippen molar-refractivity contribution in [2.75, 3.05) is 6.54 Å². The van der Waals surface area contributed by atoms with Crippen LogP contribution in [0.5, 0.6) is 0 Å². The van der Waals surface area contributed by atoms with Crippen LogP contribution >= 0.6 is 0 Å². The number of hydrogen-bond acceptors (Lipinski definition) is 2. The van der Waals surface area contributed by atoms with E-state index in [0.29, 0.717) is 13.0 Å². The van der Waals surface area contributed by atoms with Gasteiger partial charge in [0.15, 0.2) is 0 Å². The summed E-state index contributed by atoms with van der Waals surface area (Å²) in [4.78, 5) is 23.2. The van der Waals surface area contributed by atoms with Gasteiger partial charge in [-0.05, 0) is 36.1 Å². The van der Waals surface area contributed by atoms with Gasteiger partial charge in [0.1, 0.15) is 5.82 Å². The number of aromatic amines is 2. The van der Waals surface area contributed by atoms with Crippen LogP contribution in [0.25, 0.3) is 10.9 Å². The molecule has 3 N–H and O–H groups in total. The van der Waals surface area contributed by atoms with Gasteiger partial charge in [0.25, 0.3) is 0 Å². The van der Waals surface area contributed by atoms with Gasteiger partial charge in [-0.2, -0.15) is 0 Å². The number of aromatic nitrogens is 3. The zero-order chi connectivity index (χ0) is 27.4. The number of nitrogens with zero attached hydrogens (tertiary/aromatic N) is 1. The highest BCUT2D eigenvalue weighted by molar-refractivity contribution is 5.84. The Morgan fingerprint density at radius 1 is 0.795 bits per heavy atom. The second-order valence-electron chi connectivity index (χ2n) is 11.4. The number of carbonyl (C=O) groups excluding carboxylic acids is 1. The maximum absolute atomic E-state index is 12.3. The van der Waals surface area contributed by atoms with Crippen molar-refractivity contribution >= 4 is 16.8 Å². The zero-order valence-electron chi connectivity index (χ0n) is 24.7. The first-order valence-corrected chi connectivity index (χ1v) is 16.1. The van der Waals surface area contributed by atoms with Crippen molar-refractivity contribution < 1.29 is 4.79 Å². The Balaban J connectivity index is 1.13. The van der Waals surface area contributed by atoms with Gasteiger partial charge >= 0.3 is 0 Å². The summed E-state index contributed by atoms with van der Waals surface area (Å²) >= 11 is 0. The first-order valence-electron chi connectivity index (χ1n) is 16.1. The summed E-state index contributed by atoms with van der Waals surface area (Å²) in [5.41, 5.74) is 3.63. The third-order valence-corrected chi connectivity index (χ3v) is 7.98. The Hall–Kier alpha value is -2.56. The van der Waals surface area contributed by atoms with E-state index >= 15 is 0 Å². The minimum Gasteiger partial charge on any atom is -0.361 e. The number of H-pyrrole nitrogens is 2. The fraction of sp³-hybridized carbons (Fsp3) is 0.647. The van der Waals surface area contributed by atoms with Crippen LogP contribution in [0.1, 0.15) is 139 Å². The molecule has 39 heavy (non-hydrogen) atoms. The molecule has 1 aromatic carbocycles. The predicted molar refractivity (Wildman–Crippen MR) is 165 cm³/mol. The van der Waals surface area contributed by atoms with Crippen molar-refractivity contribution in [2.45, 2.75) is 135 Å². The smallest absolute Gasteiger partial charge is 0.220 e. The summed E-state index contributed by atoms with van der Waals surface area (Å²) in [5.74, 6) is 1.16. The van der Waals surface area contributed by atoms with Gasteiger partial charge < -0.3 is 15.3 Å². The molecule has 3 aromatic rings. The van der Waals surface area contributed by atoms with Crippen LogP contribution in [-0.4, -0.2) is 27.4 Å². The van der Waals surface area contributed by atoms with Gasteiger partial charge in [-0.15, -0.1) is 0 Å². The standard InChI is InChI=1S/C34H54N4O/c1-2-3-4-5-6-7-8-9-10-11-12-13-14-15-16-17-18-19-34(39)37-23-22-30-28-38-32-21-20-29(26-31(30)32)27-33-35-24-25-36-33/h20-21,24-26,28,38H,2-19,22-23,27H2,1H3,(H,35,36)(H,37,39). The van der Waals surface area contributed by atoms with E-state index in [9.17, 15) is 4.79 Å². The molecule has 0 saturated carbocycles. The molecule has 2 aromatic heterocycles. The zero-order valence-corrected chi connectivity index (χ0v) is 24.7. The molecule has 0 aliphatic carbocycles. The first-order chi connectivity index (χ1) is 19.3. The topological polar surface area (TPSA) is 73.6 Å². The van der Waals surface area contributed by atoms with Gasteiger partial charge in [-0.25, -0.2) is 4.98 Å². The molecule has 0 spiro atoms. The van der Waals surface area contributed by atoms with E-state index in [1.807, 2.05) is 6.20 Å². The van der Waals surface area contributed by atoms with Crippen LogP contribution in [0.4, 0.5) is 0 Å². The van der Waals surface area contributed by atoms with Crippen molar-refractivity contribution in [3.8, 4) is 0 Å². The Morgan fingerprint density at radius 2 is 1.41 bits per heavy atom. The number of fused-ring (bicyclic) bond motifs is 1. The van der Waals surface area contributed by atoms with E-state index in [1.165, 1.54) is 119 Å². The van der Waals surface area contributed by atoms with E-state index in [1.54, 1.807) is 6.20 Å². The molecule has 0 bridgehead atoms. The Morgan fingerprint density at radius 3 is 2.00 bits per heavy atom. The SMILES string of the molecule is CCCCCCCCCCCCCCCCCCCC(=O)NCCc1c[nH]c2ccc(Cc3ncc[nH]3)cc12. The number of rotatable bonds is 23. The van der Waals surface area contributed by atoms with E-state index in [2.05, 4.69) is 51.6 Å². The van der Waals surface area contributed by atoms with Crippen LogP contribution in [0.3, 0.4) is 0 Å².